The van der Waals surface area contributed by atoms with E-state index in [1.807, 2.05) is 72.5 Å². The fraction of sp³-hybridized carbons (Fsp3) is 0.152. The summed E-state index contributed by atoms with van der Waals surface area (Å²) in [7, 11) is 1.38. The molecule has 0 radical (unpaired) electrons. The number of hydrogen-bond acceptors (Lipinski definition) is 4. The summed E-state index contributed by atoms with van der Waals surface area (Å²) < 4.78 is 11.5. The van der Waals surface area contributed by atoms with Gasteiger partial charge in [-0.25, -0.2) is 4.79 Å². The molecule has 0 fully saturated rings. The van der Waals surface area contributed by atoms with E-state index < -0.39 is 5.97 Å². The highest BCUT2D eigenvalue weighted by Gasteiger charge is 2.42. The van der Waals surface area contributed by atoms with Crippen molar-refractivity contribution in [1.82, 2.24) is 4.90 Å². The molecule has 0 saturated heterocycles. The van der Waals surface area contributed by atoms with Gasteiger partial charge < -0.3 is 14.4 Å². The molecule has 4 aromatic carbocycles. The maximum atomic E-state index is 13.8. The van der Waals surface area contributed by atoms with Crippen molar-refractivity contribution in [3.8, 4) is 5.75 Å². The first-order valence-corrected chi connectivity index (χ1v) is 12.6. The largest absolute Gasteiger partial charge is 0.488 e. The van der Waals surface area contributed by atoms with Gasteiger partial charge in [-0.1, -0.05) is 84.4 Å². The highest BCUT2D eigenvalue weighted by atomic mass is 16.5. The predicted molar refractivity (Wildman–Crippen MR) is 146 cm³/mol. The SMILES string of the molecule is COC(=O)c1cccc2c1C(c1ccc(C)cc1)=C([C@H]1c3ccccc3C(=O)N1Cc1ccccc1)CO2. The molecule has 0 saturated carbocycles. The number of nitrogens with zero attached hydrogens (tertiary/aromatic N) is 1. The summed E-state index contributed by atoms with van der Waals surface area (Å²) >= 11 is 0. The van der Waals surface area contributed by atoms with Crippen molar-refractivity contribution in [3.63, 3.8) is 0 Å². The molecular weight excluding hydrogens is 474 g/mol. The van der Waals surface area contributed by atoms with E-state index in [9.17, 15) is 9.59 Å². The minimum Gasteiger partial charge on any atom is -0.488 e. The summed E-state index contributed by atoms with van der Waals surface area (Å²) in [4.78, 5) is 28.6. The predicted octanol–water partition coefficient (Wildman–Crippen LogP) is 6.37. The second-order valence-corrected chi connectivity index (χ2v) is 9.63. The van der Waals surface area contributed by atoms with Crippen LogP contribution in [0.3, 0.4) is 0 Å². The van der Waals surface area contributed by atoms with Gasteiger partial charge in [0.1, 0.15) is 12.4 Å². The summed E-state index contributed by atoms with van der Waals surface area (Å²) in [6.07, 6.45) is 0. The van der Waals surface area contributed by atoms with Gasteiger partial charge >= 0.3 is 5.97 Å². The Morgan fingerprint density at radius 2 is 1.66 bits per heavy atom. The zero-order valence-electron chi connectivity index (χ0n) is 21.3. The van der Waals surface area contributed by atoms with Gasteiger partial charge in [0, 0.05) is 23.2 Å². The number of amides is 1. The van der Waals surface area contributed by atoms with Crippen LogP contribution in [-0.4, -0.2) is 30.5 Å². The Balaban J connectivity index is 1.62. The molecule has 0 unspecified atom stereocenters. The van der Waals surface area contributed by atoms with Gasteiger partial charge in [0.15, 0.2) is 0 Å². The van der Waals surface area contributed by atoms with Crippen LogP contribution in [0.4, 0.5) is 0 Å². The fourth-order valence-corrected chi connectivity index (χ4v) is 5.53. The van der Waals surface area contributed by atoms with Gasteiger partial charge in [-0.2, -0.15) is 0 Å². The Bertz CT molecular complexity index is 1570. The average Bonchev–Trinajstić information content (AvgIpc) is 3.23. The zero-order chi connectivity index (χ0) is 26.2. The first-order chi connectivity index (χ1) is 18.6. The first kappa shape index (κ1) is 23.7. The number of hydrogen-bond donors (Lipinski definition) is 0. The quantitative estimate of drug-likeness (QED) is 0.298. The minimum absolute atomic E-state index is 0.0164. The van der Waals surface area contributed by atoms with Gasteiger partial charge in [-0.3, -0.25) is 4.79 Å². The van der Waals surface area contributed by atoms with Crippen molar-refractivity contribution in [2.45, 2.75) is 19.5 Å². The summed E-state index contributed by atoms with van der Waals surface area (Å²) in [6, 6.07) is 31.1. The second-order valence-electron chi connectivity index (χ2n) is 9.63. The van der Waals surface area contributed by atoms with Crippen LogP contribution in [0.15, 0.2) is 103 Å². The van der Waals surface area contributed by atoms with E-state index in [1.54, 1.807) is 12.1 Å². The Kier molecular flexibility index (Phi) is 6.04. The van der Waals surface area contributed by atoms with Crippen LogP contribution in [0.1, 0.15) is 54.6 Å². The summed E-state index contributed by atoms with van der Waals surface area (Å²) in [5, 5.41) is 0. The van der Waals surface area contributed by atoms with Crippen LogP contribution in [0.5, 0.6) is 5.75 Å². The Labute approximate surface area is 221 Å². The molecule has 38 heavy (non-hydrogen) atoms. The smallest absolute Gasteiger partial charge is 0.338 e. The molecule has 0 aromatic heterocycles. The molecule has 188 valence electrons. The highest BCUT2D eigenvalue weighted by molar-refractivity contribution is 6.03. The van der Waals surface area contributed by atoms with Crippen molar-refractivity contribution in [1.29, 1.82) is 0 Å². The van der Waals surface area contributed by atoms with Crippen LogP contribution in [-0.2, 0) is 11.3 Å². The molecule has 6 rings (SSSR count). The molecule has 5 nitrogen and oxygen atoms in total. The number of rotatable bonds is 5. The number of benzene rings is 4. The van der Waals surface area contributed by atoms with Crippen LogP contribution in [0.2, 0.25) is 0 Å². The number of ether oxygens (including phenoxy) is 2. The molecule has 0 N–H and O–H groups in total. The molecule has 0 bridgehead atoms. The highest BCUT2D eigenvalue weighted by Crippen LogP contribution is 2.48. The number of carbonyl (C=O) groups excluding carboxylic acids is 2. The van der Waals surface area contributed by atoms with Crippen molar-refractivity contribution in [3.05, 3.63) is 142 Å². The number of carbonyl (C=O) groups is 2. The normalized spacial score (nSPS) is 16.1. The van der Waals surface area contributed by atoms with Gasteiger partial charge in [0.2, 0.25) is 0 Å². The van der Waals surface area contributed by atoms with Gasteiger partial charge in [-0.15, -0.1) is 0 Å². The van der Waals surface area contributed by atoms with Crippen LogP contribution < -0.4 is 4.74 Å². The number of aryl methyl sites for hydroxylation is 1. The summed E-state index contributed by atoms with van der Waals surface area (Å²) in [5.41, 5.74) is 7.74. The van der Waals surface area contributed by atoms with E-state index in [0.29, 0.717) is 35.6 Å². The standard InChI is InChI=1S/C33H27NO4/c1-21-15-17-23(18-16-21)29-27(20-38-28-14-8-13-26(30(28)29)33(36)37-2)31-24-11-6-7-12-25(24)32(35)34(31)19-22-9-4-3-5-10-22/h3-18,31H,19-20H2,1-2H3/t31-/m1/s1. The number of esters is 1. The van der Waals surface area contributed by atoms with Gasteiger partial charge in [-0.05, 0) is 47.4 Å². The lowest BCUT2D eigenvalue weighted by Gasteiger charge is -2.34. The van der Waals surface area contributed by atoms with E-state index in [1.165, 1.54) is 7.11 Å². The molecule has 2 aliphatic rings. The monoisotopic (exact) mass is 501 g/mol. The van der Waals surface area contributed by atoms with Crippen LogP contribution in [0, 0.1) is 6.92 Å². The van der Waals surface area contributed by atoms with E-state index >= 15 is 0 Å². The van der Waals surface area contributed by atoms with Crippen LogP contribution in [0.25, 0.3) is 5.57 Å². The maximum absolute atomic E-state index is 13.8. The van der Waals surface area contributed by atoms with E-state index in [0.717, 1.165) is 33.4 Å². The second kappa shape index (κ2) is 9.67. The molecular formula is C33H27NO4. The summed E-state index contributed by atoms with van der Waals surface area (Å²) in [5.74, 6) is 0.178. The third-order valence-corrected chi connectivity index (χ3v) is 7.31. The molecule has 1 amide bonds. The van der Waals surface area contributed by atoms with Crippen molar-refractivity contribution in [2.24, 2.45) is 0 Å². The van der Waals surface area contributed by atoms with E-state index in [2.05, 4.69) is 24.3 Å². The number of methoxy groups -OCH3 is 1. The molecule has 4 aromatic rings. The Morgan fingerprint density at radius 3 is 2.42 bits per heavy atom. The molecule has 0 spiro atoms. The molecule has 2 aliphatic heterocycles. The summed E-state index contributed by atoms with van der Waals surface area (Å²) in [6.45, 7) is 2.79. The lowest BCUT2D eigenvalue weighted by Crippen LogP contribution is -2.32. The fourth-order valence-electron chi connectivity index (χ4n) is 5.53. The van der Waals surface area contributed by atoms with E-state index in [4.69, 9.17) is 9.47 Å². The lowest BCUT2D eigenvalue weighted by atomic mass is 9.83. The van der Waals surface area contributed by atoms with E-state index in [-0.39, 0.29) is 11.9 Å². The third-order valence-electron chi connectivity index (χ3n) is 7.31. The molecule has 1 atom stereocenters. The van der Waals surface area contributed by atoms with Crippen LogP contribution >= 0.6 is 0 Å². The Morgan fingerprint density at radius 1 is 0.921 bits per heavy atom. The average molecular weight is 502 g/mol. The Hall–Kier alpha value is -4.64. The first-order valence-electron chi connectivity index (χ1n) is 12.6. The van der Waals surface area contributed by atoms with Crippen molar-refractivity contribution in [2.75, 3.05) is 13.7 Å². The van der Waals surface area contributed by atoms with Crippen molar-refractivity contribution < 1.29 is 19.1 Å². The van der Waals surface area contributed by atoms with Crippen molar-refractivity contribution >= 4 is 17.4 Å². The number of fused-ring (bicyclic) bond motifs is 2. The van der Waals surface area contributed by atoms with Gasteiger partial charge in [0.25, 0.3) is 5.91 Å². The lowest BCUT2D eigenvalue weighted by molar-refractivity contribution is 0.0598. The minimum atomic E-state index is -0.430. The maximum Gasteiger partial charge on any atom is 0.338 e. The zero-order valence-corrected chi connectivity index (χ0v) is 21.3. The topological polar surface area (TPSA) is 55.8 Å². The third kappa shape index (κ3) is 3.97. The van der Waals surface area contributed by atoms with Gasteiger partial charge in [0.05, 0.1) is 18.7 Å². The molecule has 2 heterocycles. The molecule has 5 heteroatoms. The molecule has 0 aliphatic carbocycles.